The van der Waals surface area contributed by atoms with Gasteiger partial charge in [-0.2, -0.15) is 14.7 Å². The summed E-state index contributed by atoms with van der Waals surface area (Å²) >= 11 is 0. The Labute approximate surface area is 176 Å². The largest absolute Gasteiger partial charge is 0.354 e. The summed E-state index contributed by atoms with van der Waals surface area (Å²) in [4.78, 5) is 21.8. The van der Waals surface area contributed by atoms with E-state index < -0.39 is 0 Å². The van der Waals surface area contributed by atoms with Crippen LogP contribution >= 0.6 is 0 Å². The maximum atomic E-state index is 12.4. The van der Waals surface area contributed by atoms with Crippen LogP contribution in [0, 0.1) is 13.8 Å². The Balaban J connectivity index is 1.24. The van der Waals surface area contributed by atoms with Crippen molar-refractivity contribution in [2.24, 2.45) is 0 Å². The summed E-state index contributed by atoms with van der Waals surface area (Å²) < 4.78 is 3.62. The fourth-order valence-electron chi connectivity index (χ4n) is 4.62. The molecule has 0 N–H and O–H groups in total. The zero-order valence-electron chi connectivity index (χ0n) is 17.8. The van der Waals surface area contributed by atoms with E-state index in [0.29, 0.717) is 6.54 Å². The second-order valence-corrected chi connectivity index (χ2v) is 8.52. The van der Waals surface area contributed by atoms with Gasteiger partial charge in [0, 0.05) is 56.6 Å². The van der Waals surface area contributed by atoms with Crippen molar-refractivity contribution in [3.63, 3.8) is 0 Å². The summed E-state index contributed by atoms with van der Waals surface area (Å²) in [6, 6.07) is 5.95. The van der Waals surface area contributed by atoms with Crippen molar-refractivity contribution >= 4 is 11.5 Å². The molecule has 8 nitrogen and oxygen atoms in total. The van der Waals surface area contributed by atoms with Crippen molar-refractivity contribution in [3.05, 3.63) is 51.2 Å². The lowest BCUT2D eigenvalue weighted by atomic mass is 9.97. The number of hydrogen-bond acceptors (Lipinski definition) is 6. The number of aryl methyl sites for hydroxylation is 4. The Bertz CT molecular complexity index is 1120. The molecule has 5 rings (SSSR count). The van der Waals surface area contributed by atoms with Gasteiger partial charge in [-0.25, -0.2) is 9.67 Å². The summed E-state index contributed by atoms with van der Waals surface area (Å²) in [5, 5.41) is 9.28. The zero-order valence-corrected chi connectivity index (χ0v) is 17.8. The van der Waals surface area contributed by atoms with Crippen molar-refractivity contribution in [3.8, 4) is 0 Å². The molecule has 0 atom stereocenters. The summed E-state index contributed by atoms with van der Waals surface area (Å²) in [6.07, 6.45) is 4.35. The molecule has 8 heteroatoms. The van der Waals surface area contributed by atoms with Crippen molar-refractivity contribution < 1.29 is 0 Å². The minimum Gasteiger partial charge on any atom is -0.354 e. The Morgan fingerprint density at radius 2 is 1.70 bits per heavy atom. The van der Waals surface area contributed by atoms with Crippen molar-refractivity contribution in [1.29, 1.82) is 0 Å². The van der Waals surface area contributed by atoms with E-state index in [1.807, 2.05) is 30.5 Å². The van der Waals surface area contributed by atoms with Gasteiger partial charge in [0.15, 0.2) is 5.65 Å². The Morgan fingerprint density at radius 3 is 2.53 bits per heavy atom. The molecular formula is C22H29N7O. The minimum absolute atomic E-state index is 0.0398. The van der Waals surface area contributed by atoms with Crippen molar-refractivity contribution in [2.45, 2.75) is 46.1 Å². The van der Waals surface area contributed by atoms with Crippen LogP contribution in [-0.4, -0.2) is 62.0 Å². The highest BCUT2D eigenvalue weighted by molar-refractivity contribution is 5.52. The van der Waals surface area contributed by atoms with Crippen molar-refractivity contribution in [2.75, 3.05) is 37.6 Å². The van der Waals surface area contributed by atoms with Gasteiger partial charge in [0.25, 0.3) is 5.56 Å². The number of fused-ring (bicyclic) bond motifs is 2. The Kier molecular flexibility index (Phi) is 5.02. The summed E-state index contributed by atoms with van der Waals surface area (Å²) in [5.41, 5.74) is 5.22. The van der Waals surface area contributed by atoms with Crippen LogP contribution in [0.5, 0.6) is 0 Å². The molecule has 158 valence electrons. The maximum absolute atomic E-state index is 12.4. The topological polar surface area (TPSA) is 71.6 Å². The first-order valence-electron chi connectivity index (χ1n) is 11.0. The highest BCUT2D eigenvalue weighted by Crippen LogP contribution is 2.20. The average Bonchev–Trinajstić information content (AvgIpc) is 3.12. The molecule has 0 unspecified atom stereocenters. The lowest BCUT2D eigenvalue weighted by molar-refractivity contribution is 0.241. The van der Waals surface area contributed by atoms with Crippen LogP contribution in [0.25, 0.3) is 5.65 Å². The second kappa shape index (κ2) is 7.83. The molecule has 0 aromatic carbocycles. The molecule has 1 aliphatic heterocycles. The van der Waals surface area contributed by atoms with Crippen LogP contribution < -0.4 is 10.5 Å². The Hall–Kier alpha value is -2.74. The van der Waals surface area contributed by atoms with E-state index in [1.54, 1.807) is 4.68 Å². The van der Waals surface area contributed by atoms with Gasteiger partial charge in [-0.1, -0.05) is 0 Å². The average molecular weight is 408 g/mol. The fraction of sp³-hybridized carbons (Fsp3) is 0.545. The van der Waals surface area contributed by atoms with Gasteiger partial charge >= 0.3 is 0 Å². The molecule has 3 aromatic rings. The van der Waals surface area contributed by atoms with Crippen LogP contribution in [0.4, 0.5) is 5.82 Å². The van der Waals surface area contributed by atoms with E-state index in [2.05, 4.69) is 31.0 Å². The van der Waals surface area contributed by atoms with Gasteiger partial charge in [-0.05, 0) is 45.1 Å². The van der Waals surface area contributed by atoms with Gasteiger partial charge in [-0.3, -0.25) is 9.69 Å². The summed E-state index contributed by atoms with van der Waals surface area (Å²) in [6.45, 7) is 9.33. The predicted octanol–water partition coefficient (Wildman–Crippen LogP) is 1.60. The standard InChI is InChI=1S/C22H29N7O/c1-16-14-21(29-20(23-16)13-17(2)24-29)27-10-7-26(8-11-27)9-12-28-22(30)15-18-5-3-4-6-19(18)25-28/h13-15H,3-12H2,1-2H3. The van der Waals surface area contributed by atoms with Crippen LogP contribution in [0.1, 0.15) is 35.5 Å². The molecule has 30 heavy (non-hydrogen) atoms. The Morgan fingerprint density at radius 1 is 0.900 bits per heavy atom. The summed E-state index contributed by atoms with van der Waals surface area (Å²) in [5.74, 6) is 1.11. The first-order chi connectivity index (χ1) is 14.6. The van der Waals surface area contributed by atoms with E-state index >= 15 is 0 Å². The van der Waals surface area contributed by atoms with Crippen LogP contribution in [0.2, 0.25) is 0 Å². The molecule has 1 saturated heterocycles. The molecule has 2 aliphatic rings. The smallest absolute Gasteiger partial charge is 0.267 e. The SMILES string of the molecule is Cc1cc(N2CCN(CCn3nc4c(cc3=O)CCCC4)CC2)n2nc(C)cc2n1. The monoisotopic (exact) mass is 407 g/mol. The highest BCUT2D eigenvalue weighted by Gasteiger charge is 2.21. The van der Waals surface area contributed by atoms with Gasteiger partial charge in [0.2, 0.25) is 0 Å². The predicted molar refractivity (Wildman–Crippen MR) is 116 cm³/mol. The van der Waals surface area contributed by atoms with Crippen LogP contribution in [0.15, 0.2) is 23.0 Å². The molecular weight excluding hydrogens is 378 g/mol. The van der Waals surface area contributed by atoms with Gasteiger partial charge < -0.3 is 4.90 Å². The third-order valence-corrected chi connectivity index (χ3v) is 6.26. The number of nitrogens with zero attached hydrogens (tertiary/aromatic N) is 7. The van der Waals surface area contributed by atoms with E-state index in [9.17, 15) is 4.79 Å². The molecule has 0 amide bonds. The molecule has 3 aromatic heterocycles. The van der Waals surface area contributed by atoms with Crippen molar-refractivity contribution in [1.82, 2.24) is 29.3 Å². The minimum atomic E-state index is 0.0398. The number of rotatable bonds is 4. The third-order valence-electron chi connectivity index (χ3n) is 6.26. The molecule has 0 saturated carbocycles. The fourth-order valence-corrected chi connectivity index (χ4v) is 4.62. The van der Waals surface area contributed by atoms with E-state index in [-0.39, 0.29) is 5.56 Å². The van der Waals surface area contributed by atoms with E-state index in [1.165, 1.54) is 12.8 Å². The first kappa shape index (κ1) is 19.2. The van der Waals surface area contributed by atoms with E-state index in [0.717, 1.165) is 79.7 Å². The molecule has 1 aliphatic carbocycles. The number of hydrogen-bond donors (Lipinski definition) is 0. The van der Waals surface area contributed by atoms with E-state index in [4.69, 9.17) is 0 Å². The number of aromatic nitrogens is 5. The molecule has 0 bridgehead atoms. The van der Waals surface area contributed by atoms with Crippen LogP contribution in [0.3, 0.4) is 0 Å². The first-order valence-corrected chi connectivity index (χ1v) is 11.0. The van der Waals surface area contributed by atoms with Crippen LogP contribution in [-0.2, 0) is 19.4 Å². The lowest BCUT2D eigenvalue weighted by Gasteiger charge is -2.36. The maximum Gasteiger partial charge on any atom is 0.267 e. The van der Waals surface area contributed by atoms with Gasteiger partial charge in [-0.15, -0.1) is 0 Å². The number of anilines is 1. The second-order valence-electron chi connectivity index (χ2n) is 8.52. The third kappa shape index (κ3) is 3.71. The lowest BCUT2D eigenvalue weighted by Crippen LogP contribution is -2.48. The molecule has 0 spiro atoms. The number of piperazine rings is 1. The molecule has 4 heterocycles. The quantitative estimate of drug-likeness (QED) is 0.654. The summed E-state index contributed by atoms with van der Waals surface area (Å²) in [7, 11) is 0. The molecule has 0 radical (unpaired) electrons. The normalized spacial score (nSPS) is 17.5. The zero-order chi connectivity index (χ0) is 20.7. The highest BCUT2D eigenvalue weighted by atomic mass is 16.1. The van der Waals surface area contributed by atoms with Gasteiger partial charge in [0.05, 0.1) is 17.9 Å². The molecule has 1 fully saturated rings. The van der Waals surface area contributed by atoms with Gasteiger partial charge in [0.1, 0.15) is 5.82 Å².